The lowest BCUT2D eigenvalue weighted by molar-refractivity contribution is -0.860. The van der Waals surface area contributed by atoms with Gasteiger partial charge in [0.25, 0.3) is 5.91 Å². The third-order valence-electron chi connectivity index (χ3n) is 9.00. The number of amidine groups is 1. The molecule has 40 heavy (non-hydrogen) atoms. The number of rotatable bonds is 6. The Morgan fingerprint density at radius 2 is 1.70 bits per heavy atom. The Morgan fingerprint density at radius 1 is 1.10 bits per heavy atom. The van der Waals surface area contributed by atoms with Gasteiger partial charge in [-0.1, -0.05) is 68.2 Å². The molecule has 6 nitrogen and oxygen atoms in total. The second-order valence-corrected chi connectivity index (χ2v) is 13.4. The number of hydrogen-bond donors (Lipinski definition) is 1. The molecule has 212 valence electrons. The van der Waals surface area contributed by atoms with E-state index in [0.717, 1.165) is 34.8 Å². The van der Waals surface area contributed by atoms with E-state index in [9.17, 15) is 9.59 Å². The number of likely N-dealkylation sites (N-methyl/N-ethyl adjacent to an activating group) is 2. The number of benzene rings is 2. The molecule has 0 aliphatic carbocycles. The molecule has 2 aromatic rings. The van der Waals surface area contributed by atoms with Gasteiger partial charge in [0, 0.05) is 35.6 Å². The number of likely N-dealkylation sites (tertiary alicyclic amines) is 1. The number of nitrogens with one attached hydrogen (secondary N) is 1. The zero-order valence-corrected chi connectivity index (χ0v) is 26.2. The highest BCUT2D eigenvalue weighted by molar-refractivity contribution is 8.18. The van der Waals surface area contributed by atoms with Crippen molar-refractivity contribution in [1.82, 2.24) is 10.2 Å². The molecule has 5 atom stereocenters. The summed E-state index contributed by atoms with van der Waals surface area (Å²) in [6, 6.07) is 15.2. The molecule has 0 spiro atoms. The molecule has 1 N–H and O–H groups in total. The lowest BCUT2D eigenvalue weighted by Gasteiger charge is -2.39. The summed E-state index contributed by atoms with van der Waals surface area (Å²) in [4.78, 5) is 36.0. The van der Waals surface area contributed by atoms with Crippen molar-refractivity contribution >= 4 is 51.9 Å². The van der Waals surface area contributed by atoms with Crippen molar-refractivity contribution in [3.63, 3.8) is 0 Å². The Balaban J connectivity index is 1.66. The number of halogens is 2. The van der Waals surface area contributed by atoms with E-state index >= 15 is 0 Å². The molecular weight excluding hydrogens is 563 g/mol. The summed E-state index contributed by atoms with van der Waals surface area (Å²) >= 11 is 14.0. The summed E-state index contributed by atoms with van der Waals surface area (Å²) in [6.45, 7) is 8.50. The molecule has 3 aliphatic rings. The largest absolute Gasteiger partial charge is 0.355 e. The van der Waals surface area contributed by atoms with Crippen molar-refractivity contribution < 1.29 is 14.1 Å². The molecule has 1 fully saturated rings. The van der Waals surface area contributed by atoms with Crippen LogP contribution in [0.3, 0.4) is 0 Å². The number of carbonyl (C=O) groups excluding carboxylic acids is 2. The van der Waals surface area contributed by atoms with Gasteiger partial charge in [-0.05, 0) is 66.4 Å². The Bertz CT molecular complexity index is 1390. The molecule has 0 aromatic heterocycles. The first-order valence-electron chi connectivity index (χ1n) is 13.9. The van der Waals surface area contributed by atoms with E-state index < -0.39 is 11.6 Å². The van der Waals surface area contributed by atoms with Crippen LogP contribution < -0.4 is 5.32 Å². The first-order valence-corrected chi connectivity index (χ1v) is 15.5. The van der Waals surface area contributed by atoms with Gasteiger partial charge in [-0.3, -0.25) is 4.79 Å². The number of carbonyl (C=O) groups is 2. The van der Waals surface area contributed by atoms with Crippen LogP contribution in [0, 0.1) is 5.92 Å². The van der Waals surface area contributed by atoms with Crippen LogP contribution in [0.25, 0.3) is 0 Å². The topological polar surface area (TPSA) is 61.8 Å². The van der Waals surface area contributed by atoms with Gasteiger partial charge < -0.3 is 10.2 Å². The normalized spacial score (nSPS) is 29.7. The van der Waals surface area contributed by atoms with Gasteiger partial charge in [0.2, 0.25) is 0 Å². The van der Waals surface area contributed by atoms with Crippen molar-refractivity contribution in [2.24, 2.45) is 10.9 Å². The van der Waals surface area contributed by atoms with E-state index in [4.69, 9.17) is 28.2 Å². The maximum Gasteiger partial charge on any atom is 0.355 e. The zero-order valence-electron chi connectivity index (χ0n) is 23.9. The molecule has 3 heterocycles. The Labute approximate surface area is 251 Å². The van der Waals surface area contributed by atoms with Crippen LogP contribution in [0.2, 0.25) is 10.0 Å². The highest BCUT2D eigenvalue weighted by atomic mass is 35.5. The van der Waals surface area contributed by atoms with Gasteiger partial charge in [0.1, 0.15) is 10.4 Å². The minimum Gasteiger partial charge on any atom is -0.354 e. The van der Waals surface area contributed by atoms with Crippen LogP contribution >= 0.6 is 35.0 Å². The maximum absolute atomic E-state index is 14.7. The van der Waals surface area contributed by atoms with Gasteiger partial charge in [-0.25, -0.2) is 14.3 Å². The molecule has 1 unspecified atom stereocenters. The highest BCUT2D eigenvalue weighted by Gasteiger charge is 2.59. The predicted octanol–water partition coefficient (Wildman–Crippen LogP) is 6.90. The summed E-state index contributed by atoms with van der Waals surface area (Å²) < 4.78 is 0.0932. The van der Waals surface area contributed by atoms with Crippen molar-refractivity contribution in [2.75, 3.05) is 14.1 Å². The number of fused-ring (bicyclic) bond motifs is 1. The van der Waals surface area contributed by atoms with Crippen LogP contribution in [0.4, 0.5) is 0 Å². The predicted molar refractivity (Wildman–Crippen MR) is 164 cm³/mol. The minimum absolute atomic E-state index is 0.00630. The average Bonchev–Trinajstić information content (AvgIpc) is 3.56. The number of hydrogen-bond acceptors (Lipinski definition) is 5. The second kappa shape index (κ2) is 10.8. The molecule has 0 saturated carbocycles. The number of amides is 2. The van der Waals surface area contributed by atoms with E-state index in [-0.39, 0.29) is 34.3 Å². The Hall–Kier alpha value is -2.32. The fourth-order valence-corrected chi connectivity index (χ4v) is 8.55. The molecule has 0 radical (unpaired) electrons. The standard InChI is InChI=1S/C31H36Cl2N4O2S/c1-7-23-16-17-24(28(38)34-5)37(23,6)29(39)26-25(18(2)3)36-27(19-8-12-21(32)13-9-19)31(4,35-30(36)40-26)20-10-14-22(33)15-11-20/h8-15,18,23-24,27H,7,16-17H2,1-6H3/p+1/t23-,24+,27-,31+,37?/m1/s1. The summed E-state index contributed by atoms with van der Waals surface area (Å²) in [7, 11) is 3.60. The van der Waals surface area contributed by atoms with E-state index in [2.05, 4.69) is 37.9 Å². The first kappa shape index (κ1) is 29.2. The quantitative estimate of drug-likeness (QED) is 0.367. The lowest BCUT2D eigenvalue weighted by Crippen LogP contribution is -2.62. The van der Waals surface area contributed by atoms with Crippen LogP contribution in [0.5, 0.6) is 0 Å². The Kier molecular flexibility index (Phi) is 7.90. The molecule has 1 saturated heterocycles. The summed E-state index contributed by atoms with van der Waals surface area (Å²) in [6.07, 6.45) is 2.37. The van der Waals surface area contributed by atoms with E-state index in [0.29, 0.717) is 21.4 Å². The number of quaternary nitrogens is 1. The number of thioether (sulfide) groups is 1. The molecule has 5 rings (SSSR count). The molecule has 2 amide bonds. The Morgan fingerprint density at radius 3 is 2.25 bits per heavy atom. The van der Waals surface area contributed by atoms with Crippen LogP contribution in [-0.2, 0) is 15.1 Å². The monoisotopic (exact) mass is 599 g/mol. The van der Waals surface area contributed by atoms with E-state index in [1.807, 2.05) is 55.6 Å². The number of aliphatic imine (C=N–C) groups is 1. The average molecular weight is 601 g/mol. The number of allylic oxidation sites excluding steroid dienone is 1. The molecular formula is C31H37Cl2N4O2S+. The maximum atomic E-state index is 14.7. The fraction of sp³-hybridized carbons (Fsp3) is 0.452. The van der Waals surface area contributed by atoms with E-state index in [1.54, 1.807) is 7.05 Å². The highest BCUT2D eigenvalue weighted by Crippen LogP contribution is 2.57. The first-order chi connectivity index (χ1) is 19.0. The van der Waals surface area contributed by atoms with E-state index in [1.165, 1.54) is 11.8 Å². The van der Waals surface area contributed by atoms with Crippen molar-refractivity contribution in [3.8, 4) is 0 Å². The van der Waals surface area contributed by atoms with Crippen molar-refractivity contribution in [1.29, 1.82) is 0 Å². The summed E-state index contributed by atoms with van der Waals surface area (Å²) in [5.74, 6) is -0.0188. The molecule has 3 aliphatic heterocycles. The van der Waals surface area contributed by atoms with Gasteiger partial charge in [0.05, 0.1) is 19.1 Å². The van der Waals surface area contributed by atoms with Crippen LogP contribution in [-0.4, -0.2) is 52.5 Å². The smallest absolute Gasteiger partial charge is 0.354 e. The SMILES string of the molecule is CC[C@@H]1CC[C@@H](C(=O)NC)[N+]1(C)C(=O)C1=C(C(C)C)N2C(=N[C@@](C)(c3ccc(Cl)cc3)[C@H]2c2ccc(Cl)cc2)S1. The molecule has 0 bridgehead atoms. The van der Waals surface area contributed by atoms with Crippen molar-refractivity contribution in [2.45, 2.75) is 70.6 Å². The van der Waals surface area contributed by atoms with Crippen molar-refractivity contribution in [3.05, 3.63) is 80.3 Å². The van der Waals surface area contributed by atoms with Crippen LogP contribution in [0.15, 0.2) is 64.1 Å². The van der Waals surface area contributed by atoms with Gasteiger partial charge >= 0.3 is 5.91 Å². The zero-order chi connectivity index (χ0) is 29.0. The summed E-state index contributed by atoms with van der Waals surface area (Å²) in [5.41, 5.74) is 2.44. The lowest BCUT2D eigenvalue weighted by atomic mass is 9.81. The third kappa shape index (κ3) is 4.50. The minimum atomic E-state index is -0.627. The molecule has 9 heteroatoms. The molecule has 2 aromatic carbocycles. The fourth-order valence-electron chi connectivity index (χ4n) is 6.86. The summed E-state index contributed by atoms with van der Waals surface area (Å²) in [5, 5.41) is 4.95. The second-order valence-electron chi connectivity index (χ2n) is 11.6. The van der Waals surface area contributed by atoms with Gasteiger partial charge in [0.15, 0.2) is 11.2 Å². The van der Waals surface area contributed by atoms with Crippen LogP contribution in [0.1, 0.15) is 64.1 Å². The van der Waals surface area contributed by atoms with Gasteiger partial charge in [-0.15, -0.1) is 0 Å². The van der Waals surface area contributed by atoms with Gasteiger partial charge in [-0.2, -0.15) is 0 Å². The third-order valence-corrected chi connectivity index (χ3v) is 10.6. The number of nitrogens with zero attached hydrogens (tertiary/aromatic N) is 3.